The van der Waals surface area contributed by atoms with Crippen molar-refractivity contribution >= 4 is 56.0 Å². The summed E-state index contributed by atoms with van der Waals surface area (Å²) in [5.74, 6) is -1.86. The van der Waals surface area contributed by atoms with Crippen molar-refractivity contribution < 1.29 is 19.2 Å². The molecule has 12 heavy (non-hydrogen) atoms. The number of halogens is 2. The van der Waals surface area contributed by atoms with E-state index in [0.717, 1.165) is 0 Å². The van der Waals surface area contributed by atoms with Gasteiger partial charge in [-0.05, 0) is 0 Å². The molecule has 6 heteroatoms. The minimum absolute atomic E-state index is 0.282. The van der Waals surface area contributed by atoms with Gasteiger partial charge in [0, 0.05) is 0 Å². The molecule has 0 aliphatic heterocycles. The zero-order valence-corrected chi connectivity index (χ0v) is 8.87. The van der Waals surface area contributed by atoms with Crippen molar-refractivity contribution in [1.82, 2.24) is 0 Å². The first kappa shape index (κ1) is 11.6. The fourth-order valence-electron chi connectivity index (χ4n) is 0.395. The van der Waals surface area contributed by atoms with Gasteiger partial charge in [-0.3, -0.25) is 9.59 Å². The maximum Gasteiger partial charge on any atom is 0.220 e. The molecule has 0 heterocycles. The lowest BCUT2D eigenvalue weighted by molar-refractivity contribution is -0.137. The smallest absolute Gasteiger partial charge is 0.220 e. The Balaban J connectivity index is 4.39. The monoisotopic (exact) mass is 298 g/mol. The fourth-order valence-corrected chi connectivity index (χ4v) is 0.847. The van der Waals surface area contributed by atoms with E-state index in [4.69, 9.17) is 0 Å². The number of rotatable bonds is 5. The normalized spacial score (nSPS) is 14.5. The Morgan fingerprint density at radius 2 is 1.17 bits per heavy atom. The molecule has 0 aromatic rings. The minimum Gasteiger partial charge on any atom is -0.302 e. The topological polar surface area (TPSA) is 68.3 Å². The molecule has 0 amide bonds. The zero-order chi connectivity index (χ0) is 9.72. The summed E-state index contributed by atoms with van der Waals surface area (Å²) in [6.45, 7) is 0. The Morgan fingerprint density at radius 3 is 1.33 bits per heavy atom. The molecular weight excluding hydrogens is 296 g/mol. The predicted octanol–water partition coefficient (Wildman–Crippen LogP) is 0.0494. The van der Waals surface area contributed by atoms with E-state index < -0.39 is 21.2 Å². The van der Waals surface area contributed by atoms with Crippen LogP contribution in [0.4, 0.5) is 0 Å². The van der Waals surface area contributed by atoms with Gasteiger partial charge in [0.15, 0.2) is 0 Å². The van der Waals surface area contributed by atoms with Crippen molar-refractivity contribution in [1.29, 1.82) is 0 Å². The van der Waals surface area contributed by atoms with E-state index in [2.05, 4.69) is 31.9 Å². The van der Waals surface area contributed by atoms with Crippen molar-refractivity contribution in [2.45, 2.75) is 9.65 Å². The van der Waals surface area contributed by atoms with E-state index in [9.17, 15) is 19.2 Å². The van der Waals surface area contributed by atoms with Gasteiger partial charge >= 0.3 is 0 Å². The molecule has 4 nitrogen and oxygen atoms in total. The zero-order valence-electron chi connectivity index (χ0n) is 5.70. The van der Waals surface area contributed by atoms with Gasteiger partial charge in [-0.25, -0.2) is 0 Å². The lowest BCUT2D eigenvalue weighted by atomic mass is 10.1. The average Bonchev–Trinajstić information content (AvgIpc) is 2.12. The molecule has 0 saturated heterocycles. The summed E-state index contributed by atoms with van der Waals surface area (Å²) in [5, 5.41) is 0. The van der Waals surface area contributed by atoms with Gasteiger partial charge in [-0.1, -0.05) is 31.9 Å². The molecular formula is C6H4Br2O4. The Hall–Kier alpha value is -0.360. The molecule has 0 spiro atoms. The van der Waals surface area contributed by atoms with Crippen LogP contribution in [0.1, 0.15) is 0 Å². The number of ketones is 2. The fraction of sp³-hybridized carbons (Fsp3) is 0.333. The highest BCUT2D eigenvalue weighted by atomic mass is 79.9. The predicted molar refractivity (Wildman–Crippen MR) is 47.6 cm³/mol. The first-order valence-electron chi connectivity index (χ1n) is 2.81. The Bertz CT molecular complexity index is 202. The summed E-state index contributed by atoms with van der Waals surface area (Å²) in [4.78, 5) is 39.5. The van der Waals surface area contributed by atoms with Crippen LogP contribution in [-0.2, 0) is 19.2 Å². The van der Waals surface area contributed by atoms with Crippen molar-refractivity contribution in [2.75, 3.05) is 0 Å². The molecule has 0 radical (unpaired) electrons. The highest BCUT2D eigenvalue weighted by molar-refractivity contribution is 9.10. The molecule has 0 fully saturated rings. The first-order valence-corrected chi connectivity index (χ1v) is 4.64. The third kappa shape index (κ3) is 2.94. The van der Waals surface area contributed by atoms with E-state index in [0.29, 0.717) is 0 Å². The van der Waals surface area contributed by atoms with Gasteiger partial charge < -0.3 is 9.59 Å². The van der Waals surface area contributed by atoms with Crippen LogP contribution >= 0.6 is 31.9 Å². The molecule has 0 aliphatic carbocycles. The number of carbonyl (C=O) groups excluding carboxylic acids is 4. The molecule has 0 saturated carbocycles. The lowest BCUT2D eigenvalue weighted by Crippen LogP contribution is -2.31. The molecule has 2 atom stereocenters. The molecule has 66 valence electrons. The summed E-state index contributed by atoms with van der Waals surface area (Å²) in [5.41, 5.74) is 0. The first-order chi connectivity index (χ1) is 5.54. The van der Waals surface area contributed by atoms with Gasteiger partial charge in [-0.15, -0.1) is 0 Å². The van der Waals surface area contributed by atoms with Crippen LogP contribution in [0, 0.1) is 0 Å². The highest BCUT2D eigenvalue weighted by Crippen LogP contribution is 2.04. The van der Waals surface area contributed by atoms with Crippen LogP contribution < -0.4 is 0 Å². The van der Waals surface area contributed by atoms with Gasteiger partial charge in [0.25, 0.3) is 0 Å². The number of Topliss-reactive ketones (excluding diaryl/α,β-unsaturated/α-hetero) is 2. The van der Waals surface area contributed by atoms with Crippen LogP contribution in [0.25, 0.3) is 0 Å². The Morgan fingerprint density at radius 1 is 0.917 bits per heavy atom. The number of carbonyl (C=O) groups is 4. The third-order valence-corrected chi connectivity index (χ3v) is 2.25. The Kier molecular flexibility index (Phi) is 5.16. The summed E-state index contributed by atoms with van der Waals surface area (Å²) in [6, 6.07) is 0. The van der Waals surface area contributed by atoms with E-state index >= 15 is 0 Å². The number of alkyl halides is 2. The third-order valence-electron chi connectivity index (χ3n) is 0.983. The standard InChI is InChI=1S/C6H4Br2O4/c7-3(1-9)5(11)6(12)4(8)2-10/h1-4H. The summed E-state index contributed by atoms with van der Waals surface area (Å²) < 4.78 is 0. The second kappa shape index (κ2) is 5.31. The maximum atomic E-state index is 10.9. The molecule has 0 rings (SSSR count). The maximum absolute atomic E-state index is 10.9. The van der Waals surface area contributed by atoms with E-state index in [1.807, 2.05) is 0 Å². The SMILES string of the molecule is O=CC(Br)C(=O)C(=O)C(Br)C=O. The summed E-state index contributed by atoms with van der Waals surface area (Å²) in [6.07, 6.45) is 0.565. The van der Waals surface area contributed by atoms with Crippen LogP contribution in [0.15, 0.2) is 0 Å². The minimum atomic E-state index is -1.16. The summed E-state index contributed by atoms with van der Waals surface area (Å²) >= 11 is 5.33. The van der Waals surface area contributed by atoms with Gasteiger partial charge in [0.2, 0.25) is 11.6 Å². The van der Waals surface area contributed by atoms with Crippen molar-refractivity contribution in [3.05, 3.63) is 0 Å². The van der Waals surface area contributed by atoms with Crippen LogP contribution in [0.3, 0.4) is 0 Å². The van der Waals surface area contributed by atoms with E-state index in [1.54, 1.807) is 0 Å². The number of hydrogen-bond donors (Lipinski definition) is 0. The molecule has 2 unspecified atom stereocenters. The highest BCUT2D eigenvalue weighted by Gasteiger charge is 2.27. The van der Waals surface area contributed by atoms with Crippen LogP contribution in [0.5, 0.6) is 0 Å². The van der Waals surface area contributed by atoms with Crippen molar-refractivity contribution in [3.8, 4) is 0 Å². The largest absolute Gasteiger partial charge is 0.302 e. The molecule has 0 aromatic heterocycles. The Labute approximate surface area is 84.9 Å². The van der Waals surface area contributed by atoms with Crippen LogP contribution in [-0.4, -0.2) is 33.8 Å². The van der Waals surface area contributed by atoms with Gasteiger partial charge in [0.05, 0.1) is 0 Å². The molecule has 0 aliphatic rings. The molecule has 0 N–H and O–H groups in total. The van der Waals surface area contributed by atoms with Gasteiger partial charge in [-0.2, -0.15) is 0 Å². The number of aldehydes is 2. The quantitative estimate of drug-likeness (QED) is 0.311. The second-order valence-electron chi connectivity index (χ2n) is 1.80. The molecule has 0 bridgehead atoms. The second-order valence-corrected chi connectivity index (χ2v) is 3.78. The van der Waals surface area contributed by atoms with E-state index in [-0.39, 0.29) is 12.6 Å². The number of hydrogen-bond acceptors (Lipinski definition) is 4. The summed E-state index contributed by atoms with van der Waals surface area (Å²) in [7, 11) is 0. The van der Waals surface area contributed by atoms with Crippen molar-refractivity contribution in [2.24, 2.45) is 0 Å². The lowest BCUT2D eigenvalue weighted by Gasteiger charge is -2.00. The van der Waals surface area contributed by atoms with E-state index in [1.165, 1.54) is 0 Å². The van der Waals surface area contributed by atoms with Crippen LogP contribution in [0.2, 0.25) is 0 Å². The van der Waals surface area contributed by atoms with Crippen molar-refractivity contribution in [3.63, 3.8) is 0 Å². The molecule has 0 aromatic carbocycles. The van der Waals surface area contributed by atoms with Gasteiger partial charge in [0.1, 0.15) is 22.2 Å². The average molecular weight is 300 g/mol.